The van der Waals surface area contributed by atoms with E-state index in [1.54, 1.807) is 62.5 Å². The molecule has 0 bridgehead atoms. The maximum Gasteiger partial charge on any atom is 0.264 e. The van der Waals surface area contributed by atoms with E-state index in [1.807, 2.05) is 6.07 Å². The summed E-state index contributed by atoms with van der Waals surface area (Å²) in [4.78, 5) is 14.4. The number of anilines is 1. The van der Waals surface area contributed by atoms with Crippen LogP contribution in [0, 0.1) is 5.82 Å². The van der Waals surface area contributed by atoms with E-state index in [0.717, 1.165) is 5.56 Å². The molecule has 0 aliphatic rings. The number of sulfonamides is 1. The minimum atomic E-state index is -3.83. The summed E-state index contributed by atoms with van der Waals surface area (Å²) in [6.07, 6.45) is 0. The van der Waals surface area contributed by atoms with Crippen LogP contribution in [-0.2, 0) is 16.6 Å². The van der Waals surface area contributed by atoms with Gasteiger partial charge in [-0.3, -0.25) is 9.10 Å². The molecule has 156 valence electrons. The minimum Gasteiger partial charge on any atom is -0.337 e. The van der Waals surface area contributed by atoms with Crippen molar-refractivity contribution in [2.24, 2.45) is 0 Å². The summed E-state index contributed by atoms with van der Waals surface area (Å²) in [5, 5.41) is 0. The number of carbonyl (C=O) groups excluding carboxylic acids is 1. The summed E-state index contributed by atoms with van der Waals surface area (Å²) >= 11 is 0. The Bertz CT molecular complexity index is 1120. The Morgan fingerprint density at radius 2 is 1.60 bits per heavy atom. The van der Waals surface area contributed by atoms with Crippen molar-refractivity contribution in [3.63, 3.8) is 0 Å². The van der Waals surface area contributed by atoms with Crippen molar-refractivity contribution in [2.75, 3.05) is 17.9 Å². The molecular weight excluding hydrogens is 403 g/mol. The van der Waals surface area contributed by atoms with Gasteiger partial charge in [0.1, 0.15) is 5.82 Å². The molecule has 0 heterocycles. The number of para-hydroxylation sites is 1. The van der Waals surface area contributed by atoms with E-state index in [-0.39, 0.29) is 35.3 Å². The predicted molar refractivity (Wildman–Crippen MR) is 115 cm³/mol. The average molecular weight is 427 g/mol. The maximum atomic E-state index is 13.2. The maximum absolute atomic E-state index is 13.2. The molecule has 30 heavy (non-hydrogen) atoms. The van der Waals surface area contributed by atoms with Gasteiger partial charge in [-0.25, -0.2) is 12.8 Å². The van der Waals surface area contributed by atoms with Crippen LogP contribution < -0.4 is 4.31 Å². The first-order valence-corrected chi connectivity index (χ1v) is 10.9. The second kappa shape index (κ2) is 9.09. The number of rotatable bonds is 7. The lowest BCUT2D eigenvalue weighted by Gasteiger charge is -2.23. The van der Waals surface area contributed by atoms with Crippen molar-refractivity contribution in [2.45, 2.75) is 18.4 Å². The largest absolute Gasteiger partial charge is 0.337 e. The molecule has 0 saturated carbocycles. The zero-order valence-electron chi connectivity index (χ0n) is 16.8. The van der Waals surface area contributed by atoms with E-state index in [4.69, 9.17) is 0 Å². The lowest BCUT2D eigenvalue weighted by molar-refractivity contribution is 0.0785. The third-order valence-corrected chi connectivity index (χ3v) is 6.58. The van der Waals surface area contributed by atoms with Gasteiger partial charge in [0.15, 0.2) is 0 Å². The molecule has 0 atom stereocenters. The van der Waals surface area contributed by atoms with Crippen LogP contribution in [0.5, 0.6) is 0 Å². The third-order valence-electron chi connectivity index (χ3n) is 4.68. The summed E-state index contributed by atoms with van der Waals surface area (Å²) in [5.41, 5.74) is 1.60. The van der Waals surface area contributed by atoms with Crippen LogP contribution in [-0.4, -0.2) is 32.8 Å². The molecule has 0 aromatic heterocycles. The third kappa shape index (κ3) is 4.68. The molecule has 5 nitrogen and oxygen atoms in total. The quantitative estimate of drug-likeness (QED) is 0.566. The van der Waals surface area contributed by atoms with Crippen molar-refractivity contribution in [1.29, 1.82) is 0 Å². The normalized spacial score (nSPS) is 11.2. The number of hydrogen-bond donors (Lipinski definition) is 0. The molecule has 0 aliphatic heterocycles. The number of nitrogens with zero attached hydrogens (tertiary/aromatic N) is 2. The molecule has 7 heteroatoms. The zero-order valence-corrected chi connectivity index (χ0v) is 17.6. The fourth-order valence-corrected chi connectivity index (χ4v) is 4.68. The minimum absolute atomic E-state index is 0.0502. The lowest BCUT2D eigenvalue weighted by Crippen LogP contribution is -2.31. The standard InChI is InChI=1S/C23H23FN2O3S/c1-3-26(21-9-5-4-6-10-21)30(28,29)22-11-7-8-19(16-22)23(27)25(2)17-18-12-14-20(24)15-13-18/h4-16H,3,17H2,1-2H3. The number of benzene rings is 3. The van der Waals surface area contributed by atoms with Gasteiger partial charge in [-0.1, -0.05) is 36.4 Å². The van der Waals surface area contributed by atoms with Crippen molar-refractivity contribution in [3.05, 3.63) is 95.8 Å². The second-order valence-electron chi connectivity index (χ2n) is 6.82. The van der Waals surface area contributed by atoms with Crippen LogP contribution in [0.15, 0.2) is 83.8 Å². The summed E-state index contributed by atoms with van der Waals surface area (Å²) in [5.74, 6) is -0.663. The van der Waals surface area contributed by atoms with Gasteiger partial charge in [-0.05, 0) is 55.0 Å². The van der Waals surface area contributed by atoms with E-state index < -0.39 is 10.0 Å². The summed E-state index contributed by atoms with van der Waals surface area (Å²) in [6.45, 7) is 2.30. The Labute approximate surface area is 176 Å². The van der Waals surface area contributed by atoms with Crippen LogP contribution in [0.4, 0.5) is 10.1 Å². The molecule has 0 saturated heterocycles. The van der Waals surface area contributed by atoms with Gasteiger partial charge < -0.3 is 4.90 Å². The highest BCUT2D eigenvalue weighted by atomic mass is 32.2. The Morgan fingerprint density at radius 1 is 0.933 bits per heavy atom. The average Bonchev–Trinajstić information content (AvgIpc) is 2.76. The molecule has 0 radical (unpaired) electrons. The second-order valence-corrected chi connectivity index (χ2v) is 8.68. The van der Waals surface area contributed by atoms with Gasteiger partial charge >= 0.3 is 0 Å². The van der Waals surface area contributed by atoms with Crippen LogP contribution >= 0.6 is 0 Å². The number of halogens is 1. The zero-order chi connectivity index (χ0) is 21.7. The Balaban J connectivity index is 1.85. The molecule has 0 unspecified atom stereocenters. The van der Waals surface area contributed by atoms with Gasteiger partial charge in [0.2, 0.25) is 0 Å². The number of amides is 1. The molecule has 0 aliphatic carbocycles. The molecular formula is C23H23FN2O3S. The first-order chi connectivity index (χ1) is 14.3. The summed E-state index contributed by atoms with van der Waals surface area (Å²) in [7, 11) is -2.21. The fraction of sp³-hybridized carbons (Fsp3) is 0.174. The van der Waals surface area contributed by atoms with Crippen molar-refractivity contribution in [1.82, 2.24) is 4.90 Å². The molecule has 1 amide bonds. The van der Waals surface area contributed by atoms with Gasteiger partial charge in [0.25, 0.3) is 15.9 Å². The number of hydrogen-bond acceptors (Lipinski definition) is 3. The van der Waals surface area contributed by atoms with Crippen molar-refractivity contribution >= 4 is 21.6 Å². The van der Waals surface area contributed by atoms with Crippen molar-refractivity contribution < 1.29 is 17.6 Å². The van der Waals surface area contributed by atoms with Gasteiger partial charge in [0.05, 0.1) is 10.6 Å². The number of carbonyl (C=O) groups is 1. The molecule has 3 aromatic carbocycles. The SMILES string of the molecule is CCN(c1ccccc1)S(=O)(=O)c1cccc(C(=O)N(C)Cc2ccc(F)cc2)c1. The molecule has 3 aromatic rings. The Hall–Kier alpha value is -3.19. The highest BCUT2D eigenvalue weighted by Crippen LogP contribution is 2.24. The van der Waals surface area contributed by atoms with Crippen molar-refractivity contribution in [3.8, 4) is 0 Å². The predicted octanol–water partition coefficient (Wildman–Crippen LogP) is 4.31. The highest BCUT2D eigenvalue weighted by Gasteiger charge is 2.25. The Morgan fingerprint density at radius 3 is 2.23 bits per heavy atom. The van der Waals surface area contributed by atoms with Crippen LogP contribution in [0.3, 0.4) is 0 Å². The summed E-state index contributed by atoms with van der Waals surface area (Å²) < 4.78 is 40.8. The lowest BCUT2D eigenvalue weighted by atomic mass is 10.1. The molecule has 3 rings (SSSR count). The Kier molecular flexibility index (Phi) is 6.52. The van der Waals surface area contributed by atoms with Crippen LogP contribution in [0.25, 0.3) is 0 Å². The van der Waals surface area contributed by atoms with E-state index in [1.165, 1.54) is 33.5 Å². The highest BCUT2D eigenvalue weighted by molar-refractivity contribution is 7.92. The van der Waals surface area contributed by atoms with Gasteiger partial charge in [0, 0.05) is 25.7 Å². The fourth-order valence-electron chi connectivity index (χ4n) is 3.16. The molecule has 0 spiro atoms. The monoisotopic (exact) mass is 426 g/mol. The van der Waals surface area contributed by atoms with Crippen LogP contribution in [0.2, 0.25) is 0 Å². The smallest absolute Gasteiger partial charge is 0.264 e. The molecule has 0 fully saturated rings. The van der Waals surface area contributed by atoms with E-state index in [9.17, 15) is 17.6 Å². The topological polar surface area (TPSA) is 57.7 Å². The van der Waals surface area contributed by atoms with Gasteiger partial charge in [-0.15, -0.1) is 0 Å². The molecule has 0 N–H and O–H groups in total. The first-order valence-electron chi connectivity index (χ1n) is 9.50. The van der Waals surface area contributed by atoms with E-state index >= 15 is 0 Å². The van der Waals surface area contributed by atoms with Crippen LogP contribution in [0.1, 0.15) is 22.8 Å². The van der Waals surface area contributed by atoms with E-state index in [0.29, 0.717) is 5.69 Å². The first kappa shape index (κ1) is 21.5. The summed E-state index contributed by atoms with van der Waals surface area (Å²) in [6, 6.07) is 20.7. The van der Waals surface area contributed by atoms with Gasteiger partial charge in [-0.2, -0.15) is 0 Å². The van der Waals surface area contributed by atoms with E-state index in [2.05, 4.69) is 0 Å².